The fourth-order valence-corrected chi connectivity index (χ4v) is 2.39. The summed E-state index contributed by atoms with van der Waals surface area (Å²) in [5.74, 6) is 0. The predicted molar refractivity (Wildman–Crippen MR) is 66.1 cm³/mol. The number of rotatable bonds is 3. The maximum atomic E-state index is 6.17. The van der Waals surface area contributed by atoms with Crippen molar-refractivity contribution in [2.75, 3.05) is 0 Å². The first-order valence-electron chi connectivity index (χ1n) is 5.28. The Bertz CT molecular complexity index is 484. The van der Waals surface area contributed by atoms with E-state index in [2.05, 4.69) is 17.0 Å². The van der Waals surface area contributed by atoms with E-state index in [1.54, 1.807) is 17.5 Å². The van der Waals surface area contributed by atoms with Gasteiger partial charge in [-0.05, 0) is 19.4 Å². The summed E-state index contributed by atoms with van der Waals surface area (Å²) in [6.45, 7) is 4.09. The van der Waals surface area contributed by atoms with Gasteiger partial charge in [-0.3, -0.25) is 4.68 Å². The van der Waals surface area contributed by atoms with Crippen LogP contribution in [0.3, 0.4) is 0 Å². The quantitative estimate of drug-likeness (QED) is 0.888. The second kappa shape index (κ2) is 3.99. The highest BCUT2D eigenvalue weighted by Gasteiger charge is 2.23. The Morgan fingerprint density at radius 2 is 2.31 bits per heavy atom. The molecule has 0 amide bonds. The van der Waals surface area contributed by atoms with Gasteiger partial charge < -0.3 is 5.73 Å². The minimum absolute atomic E-state index is 0.332. The van der Waals surface area contributed by atoms with Crippen LogP contribution in [-0.2, 0) is 12.6 Å². The van der Waals surface area contributed by atoms with Crippen molar-refractivity contribution >= 4 is 11.3 Å². The largest absolute Gasteiger partial charge is 0.320 e. The van der Waals surface area contributed by atoms with Crippen LogP contribution in [0.25, 0.3) is 11.4 Å². The van der Waals surface area contributed by atoms with Gasteiger partial charge in [-0.15, -0.1) is 11.3 Å². The fourth-order valence-electron chi connectivity index (χ4n) is 1.43. The van der Waals surface area contributed by atoms with Gasteiger partial charge in [0.15, 0.2) is 0 Å². The minimum Gasteiger partial charge on any atom is -0.320 e. The number of nitrogens with two attached hydrogens (primary N) is 1. The van der Waals surface area contributed by atoms with Crippen LogP contribution < -0.4 is 5.73 Å². The molecule has 1 unspecified atom stereocenters. The zero-order valence-electron chi connectivity index (χ0n) is 9.77. The highest BCUT2D eigenvalue weighted by molar-refractivity contribution is 7.10. The second-order valence-electron chi connectivity index (χ2n) is 4.15. The van der Waals surface area contributed by atoms with Gasteiger partial charge in [0.25, 0.3) is 0 Å². The number of nitrogens with zero attached hydrogens (tertiary/aromatic N) is 3. The Morgan fingerprint density at radius 1 is 1.56 bits per heavy atom. The van der Waals surface area contributed by atoms with Crippen LogP contribution in [0.1, 0.15) is 25.3 Å². The van der Waals surface area contributed by atoms with Crippen molar-refractivity contribution in [2.24, 2.45) is 12.8 Å². The Hall–Kier alpha value is -1.20. The van der Waals surface area contributed by atoms with Gasteiger partial charge in [0.2, 0.25) is 0 Å². The summed E-state index contributed by atoms with van der Waals surface area (Å²) in [5.41, 5.74) is 7.81. The maximum absolute atomic E-state index is 6.17. The lowest BCUT2D eigenvalue weighted by atomic mass is 10.0. The van der Waals surface area contributed by atoms with Crippen LogP contribution in [0.15, 0.2) is 17.6 Å². The van der Waals surface area contributed by atoms with Gasteiger partial charge in [0.1, 0.15) is 5.01 Å². The van der Waals surface area contributed by atoms with Crippen molar-refractivity contribution in [1.29, 1.82) is 0 Å². The topological polar surface area (TPSA) is 56.7 Å². The molecule has 0 bridgehead atoms. The van der Waals surface area contributed by atoms with Crippen molar-refractivity contribution < 1.29 is 0 Å². The number of hydrogen-bond donors (Lipinski definition) is 1. The summed E-state index contributed by atoms with van der Waals surface area (Å²) in [6.07, 6.45) is 2.65. The molecule has 0 spiro atoms. The van der Waals surface area contributed by atoms with E-state index < -0.39 is 0 Å². The highest BCUT2D eigenvalue weighted by atomic mass is 32.1. The molecule has 86 valence electrons. The molecule has 16 heavy (non-hydrogen) atoms. The first-order chi connectivity index (χ1) is 7.54. The lowest BCUT2D eigenvalue weighted by Gasteiger charge is -2.18. The molecule has 5 heteroatoms. The van der Waals surface area contributed by atoms with Crippen molar-refractivity contribution in [1.82, 2.24) is 14.8 Å². The highest BCUT2D eigenvalue weighted by Crippen LogP contribution is 2.28. The van der Waals surface area contributed by atoms with E-state index in [-0.39, 0.29) is 5.54 Å². The van der Waals surface area contributed by atoms with E-state index >= 15 is 0 Å². The molecule has 0 aliphatic rings. The molecule has 2 N–H and O–H groups in total. The van der Waals surface area contributed by atoms with Crippen molar-refractivity contribution in [2.45, 2.75) is 25.8 Å². The molecule has 2 aromatic rings. The van der Waals surface area contributed by atoms with Crippen molar-refractivity contribution in [3.05, 3.63) is 22.7 Å². The zero-order valence-corrected chi connectivity index (χ0v) is 10.6. The molecular weight excluding hydrogens is 220 g/mol. The van der Waals surface area contributed by atoms with Crippen LogP contribution in [0.2, 0.25) is 0 Å². The molecule has 0 fully saturated rings. The molecule has 0 aliphatic carbocycles. The summed E-state index contributed by atoms with van der Waals surface area (Å²) in [7, 11) is 1.91. The van der Waals surface area contributed by atoms with Crippen LogP contribution in [0.5, 0.6) is 0 Å². The molecule has 0 saturated carbocycles. The zero-order chi connectivity index (χ0) is 11.8. The van der Waals surface area contributed by atoms with Crippen molar-refractivity contribution in [3.8, 4) is 11.4 Å². The summed E-state index contributed by atoms with van der Waals surface area (Å²) in [6, 6.07) is 1.96. The average Bonchev–Trinajstić information content (AvgIpc) is 2.85. The van der Waals surface area contributed by atoms with Crippen LogP contribution in [0.4, 0.5) is 0 Å². The molecule has 0 aromatic carbocycles. The third-order valence-corrected chi connectivity index (χ3v) is 3.93. The molecule has 0 radical (unpaired) electrons. The van der Waals surface area contributed by atoms with Crippen LogP contribution in [0, 0.1) is 0 Å². The third kappa shape index (κ3) is 1.88. The Morgan fingerprint density at radius 3 is 2.88 bits per heavy atom. The van der Waals surface area contributed by atoms with Crippen molar-refractivity contribution in [3.63, 3.8) is 0 Å². The monoisotopic (exact) mass is 236 g/mol. The molecule has 2 aromatic heterocycles. The Balaban J connectivity index is 2.37. The summed E-state index contributed by atoms with van der Waals surface area (Å²) in [5, 5.41) is 7.15. The van der Waals surface area contributed by atoms with Gasteiger partial charge >= 0.3 is 0 Å². The first kappa shape index (κ1) is 11.3. The number of thiazole rings is 1. The van der Waals surface area contributed by atoms with Crippen LogP contribution >= 0.6 is 11.3 Å². The third-order valence-electron chi connectivity index (χ3n) is 2.81. The standard InChI is InChI=1S/C11H16N4S/c1-4-11(2,12)10-14-8(7-16-10)9-5-6-13-15(9)3/h5-7H,4,12H2,1-3H3. The normalized spacial score (nSPS) is 15.0. The van der Waals surface area contributed by atoms with Crippen LogP contribution in [-0.4, -0.2) is 14.8 Å². The van der Waals surface area contributed by atoms with Gasteiger partial charge in [0.05, 0.1) is 16.9 Å². The van der Waals surface area contributed by atoms with E-state index in [1.807, 2.05) is 30.1 Å². The number of aryl methyl sites for hydroxylation is 1. The van der Waals surface area contributed by atoms with E-state index in [0.29, 0.717) is 0 Å². The predicted octanol–water partition coefficient (Wildman–Crippen LogP) is 2.13. The Kier molecular flexibility index (Phi) is 2.82. The van der Waals surface area contributed by atoms with E-state index in [9.17, 15) is 0 Å². The summed E-state index contributed by atoms with van der Waals surface area (Å²) < 4.78 is 1.82. The molecular formula is C11H16N4S. The number of aromatic nitrogens is 3. The van der Waals surface area contributed by atoms with Gasteiger partial charge in [-0.1, -0.05) is 6.92 Å². The van der Waals surface area contributed by atoms with E-state index in [1.165, 1.54) is 0 Å². The molecule has 4 nitrogen and oxygen atoms in total. The summed E-state index contributed by atoms with van der Waals surface area (Å²) >= 11 is 1.61. The smallest absolute Gasteiger partial charge is 0.113 e. The maximum Gasteiger partial charge on any atom is 0.113 e. The lowest BCUT2D eigenvalue weighted by molar-refractivity contribution is 0.474. The molecule has 2 rings (SSSR count). The van der Waals surface area contributed by atoms with Gasteiger partial charge in [0, 0.05) is 18.6 Å². The summed E-state index contributed by atoms with van der Waals surface area (Å²) in [4.78, 5) is 4.59. The van der Waals surface area contributed by atoms with Gasteiger partial charge in [-0.2, -0.15) is 5.10 Å². The number of hydrogen-bond acceptors (Lipinski definition) is 4. The first-order valence-corrected chi connectivity index (χ1v) is 6.16. The molecule has 0 aliphatic heterocycles. The molecule has 2 heterocycles. The fraction of sp³-hybridized carbons (Fsp3) is 0.455. The molecule has 0 saturated heterocycles. The average molecular weight is 236 g/mol. The van der Waals surface area contributed by atoms with Gasteiger partial charge in [-0.25, -0.2) is 4.98 Å². The lowest BCUT2D eigenvalue weighted by Crippen LogP contribution is -2.31. The van der Waals surface area contributed by atoms with E-state index in [4.69, 9.17) is 5.73 Å². The SMILES string of the molecule is CCC(C)(N)c1nc(-c2ccnn2C)cs1. The molecule has 1 atom stereocenters. The van der Waals surface area contributed by atoms with E-state index in [0.717, 1.165) is 22.8 Å². The Labute approximate surface area is 99.1 Å². The minimum atomic E-state index is -0.332. The second-order valence-corrected chi connectivity index (χ2v) is 5.01.